The van der Waals surface area contributed by atoms with Crippen LogP contribution < -0.4 is 15.0 Å². The number of morpholine rings is 1. The van der Waals surface area contributed by atoms with E-state index >= 15 is 0 Å². The molecule has 2 fully saturated rings. The number of carbonyl (C=O) groups excluding carboxylic acids is 1. The quantitative estimate of drug-likeness (QED) is 0.802. The molecule has 0 spiro atoms. The van der Waals surface area contributed by atoms with Gasteiger partial charge in [-0.2, -0.15) is 0 Å². The molecule has 0 atom stereocenters. The van der Waals surface area contributed by atoms with E-state index in [9.17, 15) is 4.79 Å². The minimum atomic E-state index is -0.198. The van der Waals surface area contributed by atoms with E-state index < -0.39 is 0 Å². The van der Waals surface area contributed by atoms with Gasteiger partial charge in [-0.1, -0.05) is 5.92 Å². The molecule has 1 amide bonds. The van der Waals surface area contributed by atoms with Crippen molar-refractivity contribution in [2.45, 2.75) is 44.8 Å². The second-order valence-electron chi connectivity index (χ2n) is 7.41. The Hall–Kier alpha value is -2.85. The normalized spacial score (nSPS) is 21.9. The number of hydrogen-bond donors (Lipinski definition) is 1. The Bertz CT molecular complexity index is 923. The Morgan fingerprint density at radius 3 is 2.69 bits per heavy atom. The summed E-state index contributed by atoms with van der Waals surface area (Å²) in [6, 6.07) is 4.31. The standard InChI is InChI=1S/C22H26N4O3/c1-2-3-21(27)25-16-4-6-18(7-5-16)29-20-15-17(26-10-12-28-13-11-26)14-19-22(20)24-9-8-23-19/h8-9,14-16,18H,4-7,10-13H2,1H3,(H,25,27). The lowest BCUT2D eigenvalue weighted by Crippen LogP contribution is -2.39. The topological polar surface area (TPSA) is 76.6 Å². The Labute approximate surface area is 170 Å². The van der Waals surface area contributed by atoms with Crippen LogP contribution >= 0.6 is 0 Å². The fourth-order valence-electron chi connectivity index (χ4n) is 3.96. The third kappa shape index (κ3) is 4.77. The summed E-state index contributed by atoms with van der Waals surface area (Å²) >= 11 is 0. The molecular weight excluding hydrogens is 368 g/mol. The van der Waals surface area contributed by atoms with E-state index in [-0.39, 0.29) is 18.1 Å². The molecule has 7 heteroatoms. The van der Waals surface area contributed by atoms with Crippen molar-refractivity contribution in [1.82, 2.24) is 15.3 Å². The highest BCUT2D eigenvalue weighted by atomic mass is 16.5. The van der Waals surface area contributed by atoms with Gasteiger partial charge in [0, 0.05) is 43.3 Å². The Kier molecular flexibility index (Phi) is 6.11. The first kappa shape index (κ1) is 19.5. The fourth-order valence-corrected chi connectivity index (χ4v) is 3.96. The summed E-state index contributed by atoms with van der Waals surface area (Å²) < 4.78 is 11.9. The Morgan fingerprint density at radius 1 is 1.17 bits per heavy atom. The van der Waals surface area contributed by atoms with Crippen LogP contribution in [0.4, 0.5) is 5.69 Å². The molecule has 1 aliphatic carbocycles. The SMILES string of the molecule is CC#CC(=O)NC1CCC(Oc2cc(N3CCOCC3)cc3nccnc23)CC1. The van der Waals surface area contributed by atoms with Crippen LogP contribution in [0.15, 0.2) is 24.5 Å². The van der Waals surface area contributed by atoms with E-state index in [1.54, 1.807) is 19.3 Å². The maximum absolute atomic E-state index is 11.7. The molecular formula is C22H26N4O3. The summed E-state index contributed by atoms with van der Waals surface area (Å²) in [6.07, 6.45) is 7.05. The predicted molar refractivity (Wildman–Crippen MR) is 111 cm³/mol. The number of fused-ring (bicyclic) bond motifs is 1. The average molecular weight is 394 g/mol. The number of aromatic nitrogens is 2. The molecule has 1 saturated heterocycles. The second-order valence-corrected chi connectivity index (χ2v) is 7.41. The molecule has 152 valence electrons. The van der Waals surface area contributed by atoms with Crippen LogP contribution in [0.25, 0.3) is 11.0 Å². The number of anilines is 1. The number of hydrogen-bond acceptors (Lipinski definition) is 6. The molecule has 2 aliphatic rings. The van der Waals surface area contributed by atoms with Gasteiger partial charge in [-0.15, -0.1) is 0 Å². The molecule has 1 aromatic carbocycles. The number of ether oxygens (including phenoxy) is 2. The lowest BCUT2D eigenvalue weighted by molar-refractivity contribution is -0.116. The monoisotopic (exact) mass is 394 g/mol. The predicted octanol–water partition coefficient (Wildman–Crippen LogP) is 2.30. The van der Waals surface area contributed by atoms with Gasteiger partial charge in [0.25, 0.3) is 5.91 Å². The minimum absolute atomic E-state index is 0.102. The largest absolute Gasteiger partial charge is 0.488 e. The third-order valence-electron chi connectivity index (χ3n) is 5.44. The van der Waals surface area contributed by atoms with Gasteiger partial charge in [0.15, 0.2) is 0 Å². The zero-order valence-electron chi connectivity index (χ0n) is 16.7. The van der Waals surface area contributed by atoms with Crippen molar-refractivity contribution in [1.29, 1.82) is 0 Å². The van der Waals surface area contributed by atoms with Gasteiger partial charge < -0.3 is 19.7 Å². The van der Waals surface area contributed by atoms with Crippen molar-refractivity contribution < 1.29 is 14.3 Å². The highest BCUT2D eigenvalue weighted by molar-refractivity contribution is 5.93. The molecule has 1 N–H and O–H groups in total. The van der Waals surface area contributed by atoms with Crippen molar-refractivity contribution in [3.05, 3.63) is 24.5 Å². The van der Waals surface area contributed by atoms with E-state index in [2.05, 4.69) is 44.2 Å². The molecule has 29 heavy (non-hydrogen) atoms. The van der Waals surface area contributed by atoms with Crippen LogP contribution in [0.3, 0.4) is 0 Å². The summed E-state index contributed by atoms with van der Waals surface area (Å²) in [6.45, 7) is 4.84. The fraction of sp³-hybridized carbons (Fsp3) is 0.500. The first-order valence-corrected chi connectivity index (χ1v) is 10.2. The molecule has 1 saturated carbocycles. The van der Waals surface area contributed by atoms with Gasteiger partial charge in [0.05, 0.1) is 24.8 Å². The van der Waals surface area contributed by atoms with Gasteiger partial charge in [0.2, 0.25) is 0 Å². The van der Waals surface area contributed by atoms with Crippen molar-refractivity contribution in [2.75, 3.05) is 31.2 Å². The number of benzene rings is 1. The van der Waals surface area contributed by atoms with E-state index in [1.165, 1.54) is 0 Å². The molecule has 0 unspecified atom stereocenters. The summed E-state index contributed by atoms with van der Waals surface area (Å²) in [5.41, 5.74) is 2.72. The minimum Gasteiger partial charge on any atom is -0.488 e. The lowest BCUT2D eigenvalue weighted by Gasteiger charge is -2.31. The molecule has 0 bridgehead atoms. The van der Waals surface area contributed by atoms with Crippen LogP contribution in [0.1, 0.15) is 32.6 Å². The van der Waals surface area contributed by atoms with Crippen LogP contribution in [-0.2, 0) is 9.53 Å². The molecule has 7 nitrogen and oxygen atoms in total. The lowest BCUT2D eigenvalue weighted by atomic mass is 9.93. The van der Waals surface area contributed by atoms with E-state index in [1.807, 2.05) is 0 Å². The number of nitrogens with zero attached hydrogens (tertiary/aromatic N) is 3. The summed E-state index contributed by atoms with van der Waals surface area (Å²) in [7, 11) is 0. The molecule has 2 aromatic rings. The van der Waals surface area contributed by atoms with E-state index in [0.717, 1.165) is 74.5 Å². The number of amides is 1. The maximum Gasteiger partial charge on any atom is 0.296 e. The first-order chi connectivity index (χ1) is 14.2. The third-order valence-corrected chi connectivity index (χ3v) is 5.44. The average Bonchev–Trinajstić information content (AvgIpc) is 2.76. The van der Waals surface area contributed by atoms with Crippen molar-refractivity contribution in [3.63, 3.8) is 0 Å². The molecule has 1 aliphatic heterocycles. The number of nitrogens with one attached hydrogen (secondary N) is 1. The zero-order chi connectivity index (χ0) is 20.1. The van der Waals surface area contributed by atoms with Crippen molar-refractivity contribution in [3.8, 4) is 17.6 Å². The van der Waals surface area contributed by atoms with Crippen LogP contribution in [0.2, 0.25) is 0 Å². The van der Waals surface area contributed by atoms with Crippen molar-refractivity contribution in [2.24, 2.45) is 0 Å². The summed E-state index contributed by atoms with van der Waals surface area (Å²) in [4.78, 5) is 23.0. The molecule has 1 aromatic heterocycles. The van der Waals surface area contributed by atoms with Crippen molar-refractivity contribution >= 4 is 22.6 Å². The molecule has 0 radical (unpaired) electrons. The Balaban J connectivity index is 1.47. The summed E-state index contributed by atoms with van der Waals surface area (Å²) in [5.74, 6) is 5.76. The molecule has 2 heterocycles. The van der Waals surface area contributed by atoms with Crippen LogP contribution in [-0.4, -0.2) is 54.3 Å². The van der Waals surface area contributed by atoms with Gasteiger partial charge in [-0.3, -0.25) is 9.78 Å². The van der Waals surface area contributed by atoms with Gasteiger partial charge in [0.1, 0.15) is 11.3 Å². The van der Waals surface area contributed by atoms with Crippen LogP contribution in [0, 0.1) is 11.8 Å². The zero-order valence-corrected chi connectivity index (χ0v) is 16.7. The van der Waals surface area contributed by atoms with E-state index in [4.69, 9.17) is 9.47 Å². The van der Waals surface area contributed by atoms with Gasteiger partial charge >= 0.3 is 0 Å². The first-order valence-electron chi connectivity index (χ1n) is 10.2. The second kappa shape index (κ2) is 9.10. The smallest absolute Gasteiger partial charge is 0.296 e. The summed E-state index contributed by atoms with van der Waals surface area (Å²) in [5, 5.41) is 2.98. The highest BCUT2D eigenvalue weighted by Crippen LogP contribution is 2.32. The highest BCUT2D eigenvalue weighted by Gasteiger charge is 2.24. The van der Waals surface area contributed by atoms with Gasteiger partial charge in [-0.05, 0) is 44.6 Å². The maximum atomic E-state index is 11.7. The molecule has 4 rings (SSSR count). The van der Waals surface area contributed by atoms with E-state index in [0.29, 0.717) is 0 Å². The number of carbonyl (C=O) groups is 1. The number of rotatable bonds is 4. The van der Waals surface area contributed by atoms with Crippen LogP contribution in [0.5, 0.6) is 5.75 Å². The Morgan fingerprint density at radius 2 is 1.93 bits per heavy atom. The van der Waals surface area contributed by atoms with Gasteiger partial charge in [-0.25, -0.2) is 4.98 Å².